The number of rotatable bonds is 2. The molecule has 0 N–H and O–H groups in total. The van der Waals surface area contributed by atoms with Gasteiger partial charge in [-0.05, 0) is 0 Å². The van der Waals surface area contributed by atoms with Crippen molar-refractivity contribution < 1.29 is 0 Å². The minimum absolute atomic E-state index is 0.238. The van der Waals surface area contributed by atoms with E-state index in [1.54, 1.807) is 0 Å². The summed E-state index contributed by atoms with van der Waals surface area (Å²) in [6.07, 6.45) is 0. The predicted octanol–water partition coefficient (Wildman–Crippen LogP) is 3.55. The van der Waals surface area contributed by atoms with Gasteiger partial charge in [0, 0.05) is 0 Å². The Hall–Kier alpha value is 1.39. The van der Waals surface area contributed by atoms with Gasteiger partial charge in [0.1, 0.15) is 0 Å². The van der Waals surface area contributed by atoms with E-state index in [1.165, 1.54) is 0 Å². The summed E-state index contributed by atoms with van der Waals surface area (Å²) < 4.78 is 0. The minimum atomic E-state index is -2.14. The van der Waals surface area contributed by atoms with Crippen LogP contribution in [-0.4, -0.2) is 15.9 Å². The molecular weight excluding hydrogens is 245 g/mol. The standard InChI is InChI=1S/C5H11Cl3Se/c1-5(2,6)4-9(3,7)8/h4H2,1-3H3. The van der Waals surface area contributed by atoms with Crippen molar-refractivity contribution in [1.29, 1.82) is 0 Å². The Morgan fingerprint density at radius 3 is 1.67 bits per heavy atom. The van der Waals surface area contributed by atoms with E-state index in [-0.39, 0.29) is 4.87 Å². The van der Waals surface area contributed by atoms with Crippen LogP contribution in [0.2, 0.25) is 11.1 Å². The Bertz CT molecular complexity index is 77.4. The van der Waals surface area contributed by atoms with Crippen molar-refractivity contribution in [3.63, 3.8) is 0 Å². The first-order valence-electron chi connectivity index (χ1n) is 2.55. The van der Waals surface area contributed by atoms with Gasteiger partial charge in [0.2, 0.25) is 0 Å². The zero-order chi connectivity index (χ0) is 7.71. The van der Waals surface area contributed by atoms with Crippen LogP contribution in [0.5, 0.6) is 0 Å². The van der Waals surface area contributed by atoms with Crippen molar-refractivity contribution in [2.45, 2.75) is 29.9 Å². The summed E-state index contributed by atoms with van der Waals surface area (Å²) in [5.41, 5.74) is 0. The summed E-state index contributed by atoms with van der Waals surface area (Å²) in [5.74, 6) is 1.89. The van der Waals surface area contributed by atoms with Gasteiger partial charge in [-0.25, -0.2) is 0 Å². The van der Waals surface area contributed by atoms with Gasteiger partial charge in [-0.15, -0.1) is 0 Å². The fourth-order valence-electron chi connectivity index (χ4n) is 0.603. The summed E-state index contributed by atoms with van der Waals surface area (Å²) in [6, 6.07) is 0. The Kier molecular flexibility index (Phi) is 3.68. The van der Waals surface area contributed by atoms with E-state index in [0.29, 0.717) is 0 Å². The van der Waals surface area contributed by atoms with E-state index in [4.69, 9.17) is 31.8 Å². The van der Waals surface area contributed by atoms with E-state index >= 15 is 0 Å². The second kappa shape index (κ2) is 3.19. The third-order valence-corrected chi connectivity index (χ3v) is 4.80. The molecule has 0 aromatic heterocycles. The Labute approximate surface area is 72.5 Å². The van der Waals surface area contributed by atoms with Gasteiger partial charge in [0.05, 0.1) is 0 Å². The monoisotopic (exact) mass is 256 g/mol. The maximum absolute atomic E-state index is 5.89. The quantitative estimate of drug-likeness (QED) is 0.523. The molecule has 0 atom stereocenters. The molecule has 0 rings (SSSR count). The van der Waals surface area contributed by atoms with Gasteiger partial charge in [-0.2, -0.15) is 0 Å². The molecule has 0 aliphatic rings. The molecular formula is C5H11Cl3Se. The molecule has 0 aromatic rings. The topological polar surface area (TPSA) is 0 Å². The summed E-state index contributed by atoms with van der Waals surface area (Å²) in [5, 5.41) is 0.744. The van der Waals surface area contributed by atoms with Crippen molar-refractivity contribution in [1.82, 2.24) is 0 Å². The average molecular weight is 256 g/mol. The first-order valence-corrected chi connectivity index (χ1v) is 10.4. The van der Waals surface area contributed by atoms with Crippen molar-refractivity contribution in [3.8, 4) is 0 Å². The summed E-state index contributed by atoms with van der Waals surface area (Å²) in [4.78, 5) is -0.238. The zero-order valence-electron chi connectivity index (χ0n) is 5.75. The first-order chi connectivity index (χ1) is 3.71. The van der Waals surface area contributed by atoms with Crippen LogP contribution < -0.4 is 0 Å². The van der Waals surface area contributed by atoms with Crippen LogP contribution in [0.15, 0.2) is 0 Å². The van der Waals surface area contributed by atoms with Crippen LogP contribution in [0.4, 0.5) is 0 Å². The number of hydrogen-bond acceptors (Lipinski definition) is 0. The average Bonchev–Trinajstić information content (AvgIpc) is 1.14. The van der Waals surface area contributed by atoms with Gasteiger partial charge in [-0.3, -0.25) is 0 Å². The summed E-state index contributed by atoms with van der Waals surface area (Å²) >= 11 is 3.75. The van der Waals surface area contributed by atoms with Gasteiger partial charge < -0.3 is 0 Å². The van der Waals surface area contributed by atoms with E-state index in [0.717, 1.165) is 5.32 Å². The SMILES string of the molecule is CC(C)(Cl)C[Se](C)(Cl)Cl. The van der Waals surface area contributed by atoms with Crippen molar-refractivity contribution in [2.75, 3.05) is 0 Å². The van der Waals surface area contributed by atoms with Gasteiger partial charge in [0.15, 0.2) is 0 Å². The zero-order valence-corrected chi connectivity index (χ0v) is 9.73. The van der Waals surface area contributed by atoms with Gasteiger partial charge in [-0.1, -0.05) is 0 Å². The Balaban J connectivity index is 3.75. The van der Waals surface area contributed by atoms with Crippen LogP contribution in [0, 0.1) is 0 Å². The summed E-state index contributed by atoms with van der Waals surface area (Å²) in [6.45, 7) is 3.85. The molecule has 0 aliphatic heterocycles. The molecule has 9 heavy (non-hydrogen) atoms. The molecule has 0 amide bonds. The summed E-state index contributed by atoms with van der Waals surface area (Å²) in [7, 11) is 11.7. The fraction of sp³-hybridized carbons (Fsp3) is 1.00. The predicted molar refractivity (Wildman–Crippen MR) is 48.1 cm³/mol. The molecule has 0 aromatic carbocycles. The van der Waals surface area contributed by atoms with E-state index < -0.39 is 11.0 Å². The number of alkyl halides is 1. The molecule has 0 aliphatic carbocycles. The second-order valence-electron chi connectivity index (χ2n) is 2.74. The normalized spacial score (nSPS) is 15.8. The maximum atomic E-state index is 5.89. The van der Waals surface area contributed by atoms with Gasteiger partial charge in [0.25, 0.3) is 0 Å². The van der Waals surface area contributed by atoms with Crippen molar-refractivity contribution in [3.05, 3.63) is 0 Å². The van der Waals surface area contributed by atoms with Crippen LogP contribution in [0.3, 0.4) is 0 Å². The molecule has 4 heteroatoms. The van der Waals surface area contributed by atoms with E-state index in [1.807, 2.05) is 19.7 Å². The molecule has 0 radical (unpaired) electrons. The molecule has 0 spiro atoms. The van der Waals surface area contributed by atoms with Gasteiger partial charge >= 0.3 is 72.7 Å². The van der Waals surface area contributed by atoms with E-state index in [2.05, 4.69) is 0 Å². The van der Waals surface area contributed by atoms with E-state index in [9.17, 15) is 0 Å². The molecule has 0 nitrogen and oxygen atoms in total. The van der Waals surface area contributed by atoms with Crippen LogP contribution in [-0.2, 0) is 0 Å². The Morgan fingerprint density at radius 1 is 1.33 bits per heavy atom. The molecule has 0 saturated carbocycles. The van der Waals surface area contributed by atoms with Crippen LogP contribution in [0.25, 0.3) is 0 Å². The molecule has 0 heterocycles. The molecule has 0 bridgehead atoms. The third-order valence-electron chi connectivity index (χ3n) is 0.597. The van der Waals surface area contributed by atoms with Crippen molar-refractivity contribution in [2.24, 2.45) is 0 Å². The Morgan fingerprint density at radius 2 is 1.67 bits per heavy atom. The first kappa shape index (κ1) is 10.4. The second-order valence-corrected chi connectivity index (χ2v) is 15.9. The van der Waals surface area contributed by atoms with Crippen molar-refractivity contribution >= 4 is 42.8 Å². The fourth-order valence-corrected chi connectivity index (χ4v) is 7.68. The third kappa shape index (κ3) is 9.39. The molecule has 58 valence electrons. The molecule has 0 unspecified atom stereocenters. The van der Waals surface area contributed by atoms with Crippen LogP contribution >= 0.6 is 31.8 Å². The molecule has 0 fully saturated rings. The van der Waals surface area contributed by atoms with Crippen LogP contribution in [0.1, 0.15) is 13.8 Å². The number of hydrogen-bond donors (Lipinski definition) is 0. The molecule has 0 saturated heterocycles. The number of halogens is 3.